The summed E-state index contributed by atoms with van der Waals surface area (Å²) in [4.78, 5) is 1.19. The van der Waals surface area contributed by atoms with Crippen molar-refractivity contribution in [2.75, 3.05) is 0 Å². The molecule has 2 rings (SSSR count). The summed E-state index contributed by atoms with van der Waals surface area (Å²) in [5, 5.41) is 6.40. The molecule has 0 amide bonds. The standard InChI is InChI=1S/C9H10N2S/c1-6(2)8-7(3)10-11-4-5-12-9(8)11/h4-5H,1H2,2-3H3. The van der Waals surface area contributed by atoms with E-state index in [1.165, 1.54) is 10.4 Å². The fraction of sp³-hybridized carbons (Fsp3) is 0.222. The van der Waals surface area contributed by atoms with E-state index in [1.807, 2.05) is 29.9 Å². The summed E-state index contributed by atoms with van der Waals surface area (Å²) in [6.07, 6.45) is 1.97. The maximum atomic E-state index is 4.36. The molecule has 2 aromatic heterocycles. The Kier molecular flexibility index (Phi) is 1.54. The Morgan fingerprint density at radius 1 is 1.67 bits per heavy atom. The van der Waals surface area contributed by atoms with Crippen molar-refractivity contribution in [1.82, 2.24) is 9.61 Å². The number of nitrogens with zero attached hydrogens (tertiary/aromatic N) is 2. The zero-order chi connectivity index (χ0) is 8.72. The molecular weight excluding hydrogens is 168 g/mol. The van der Waals surface area contributed by atoms with Gasteiger partial charge in [0, 0.05) is 17.1 Å². The van der Waals surface area contributed by atoms with Crippen LogP contribution in [0.15, 0.2) is 18.2 Å². The van der Waals surface area contributed by atoms with Gasteiger partial charge in [-0.15, -0.1) is 11.3 Å². The molecular formula is C9H10N2S. The zero-order valence-electron chi connectivity index (χ0n) is 7.16. The average molecular weight is 178 g/mol. The predicted molar refractivity (Wildman–Crippen MR) is 52.5 cm³/mol. The number of allylic oxidation sites excluding steroid dienone is 1. The van der Waals surface area contributed by atoms with Crippen molar-refractivity contribution in [3.8, 4) is 0 Å². The summed E-state index contributed by atoms with van der Waals surface area (Å²) < 4.78 is 1.91. The summed E-state index contributed by atoms with van der Waals surface area (Å²) in [6, 6.07) is 0. The Morgan fingerprint density at radius 2 is 2.42 bits per heavy atom. The van der Waals surface area contributed by atoms with Crippen LogP contribution in [-0.2, 0) is 0 Å². The first-order valence-corrected chi connectivity index (χ1v) is 4.66. The van der Waals surface area contributed by atoms with Gasteiger partial charge in [0.05, 0.1) is 5.69 Å². The lowest BCUT2D eigenvalue weighted by Gasteiger charge is -1.93. The van der Waals surface area contributed by atoms with Gasteiger partial charge in [0.2, 0.25) is 0 Å². The molecule has 2 nitrogen and oxygen atoms in total. The van der Waals surface area contributed by atoms with Gasteiger partial charge in [-0.2, -0.15) is 5.10 Å². The van der Waals surface area contributed by atoms with Crippen molar-refractivity contribution in [3.05, 3.63) is 29.4 Å². The lowest BCUT2D eigenvalue weighted by molar-refractivity contribution is 0.947. The molecule has 0 radical (unpaired) electrons. The Balaban J connectivity index is 2.84. The van der Waals surface area contributed by atoms with Crippen molar-refractivity contribution >= 4 is 21.7 Å². The van der Waals surface area contributed by atoms with Crippen LogP contribution in [0, 0.1) is 6.92 Å². The van der Waals surface area contributed by atoms with E-state index in [-0.39, 0.29) is 0 Å². The van der Waals surface area contributed by atoms with Crippen LogP contribution in [-0.4, -0.2) is 9.61 Å². The third kappa shape index (κ3) is 0.898. The van der Waals surface area contributed by atoms with E-state index in [0.717, 1.165) is 11.3 Å². The van der Waals surface area contributed by atoms with E-state index >= 15 is 0 Å². The minimum absolute atomic E-state index is 1.06. The molecule has 0 spiro atoms. The fourth-order valence-corrected chi connectivity index (χ4v) is 2.34. The molecule has 0 aliphatic heterocycles. The molecule has 0 aromatic carbocycles. The first kappa shape index (κ1) is 7.55. The van der Waals surface area contributed by atoms with Gasteiger partial charge in [-0.3, -0.25) is 0 Å². The van der Waals surface area contributed by atoms with E-state index < -0.39 is 0 Å². The molecule has 0 atom stereocenters. The minimum atomic E-state index is 1.06. The number of aryl methyl sites for hydroxylation is 1. The number of thiazole rings is 1. The molecule has 0 N–H and O–H groups in total. The number of aromatic nitrogens is 2. The van der Waals surface area contributed by atoms with Gasteiger partial charge in [-0.25, -0.2) is 4.52 Å². The van der Waals surface area contributed by atoms with Crippen LogP contribution in [0.1, 0.15) is 18.2 Å². The predicted octanol–water partition coefficient (Wildman–Crippen LogP) is 2.74. The molecule has 0 saturated carbocycles. The zero-order valence-corrected chi connectivity index (χ0v) is 7.98. The first-order chi connectivity index (χ1) is 5.70. The van der Waals surface area contributed by atoms with Crippen molar-refractivity contribution in [3.63, 3.8) is 0 Å². The van der Waals surface area contributed by atoms with Crippen molar-refractivity contribution < 1.29 is 0 Å². The molecule has 0 aliphatic carbocycles. The Labute approximate surface area is 75.1 Å². The van der Waals surface area contributed by atoms with Gasteiger partial charge < -0.3 is 0 Å². The Bertz CT molecular complexity index is 436. The van der Waals surface area contributed by atoms with Crippen LogP contribution in [0.5, 0.6) is 0 Å². The third-order valence-electron chi connectivity index (χ3n) is 1.85. The van der Waals surface area contributed by atoms with Gasteiger partial charge in [-0.1, -0.05) is 6.58 Å². The van der Waals surface area contributed by atoms with Gasteiger partial charge in [0.1, 0.15) is 4.83 Å². The smallest absolute Gasteiger partial charge is 0.126 e. The first-order valence-electron chi connectivity index (χ1n) is 3.78. The highest BCUT2D eigenvalue weighted by atomic mass is 32.1. The van der Waals surface area contributed by atoms with Crippen LogP contribution < -0.4 is 0 Å². The van der Waals surface area contributed by atoms with Crippen LogP contribution in [0.4, 0.5) is 0 Å². The summed E-state index contributed by atoms with van der Waals surface area (Å²) in [5.74, 6) is 0. The van der Waals surface area contributed by atoms with E-state index in [4.69, 9.17) is 0 Å². The van der Waals surface area contributed by atoms with E-state index in [2.05, 4.69) is 11.7 Å². The van der Waals surface area contributed by atoms with Crippen molar-refractivity contribution in [2.45, 2.75) is 13.8 Å². The lowest BCUT2D eigenvalue weighted by atomic mass is 10.1. The van der Waals surface area contributed by atoms with Gasteiger partial charge in [-0.05, 0) is 19.4 Å². The van der Waals surface area contributed by atoms with E-state index in [1.54, 1.807) is 11.3 Å². The Morgan fingerprint density at radius 3 is 3.08 bits per heavy atom. The van der Waals surface area contributed by atoms with Gasteiger partial charge in [0.25, 0.3) is 0 Å². The maximum Gasteiger partial charge on any atom is 0.126 e. The summed E-state index contributed by atoms with van der Waals surface area (Å²) >= 11 is 1.70. The highest BCUT2D eigenvalue weighted by Crippen LogP contribution is 2.25. The van der Waals surface area contributed by atoms with Crippen molar-refractivity contribution in [2.24, 2.45) is 0 Å². The second-order valence-electron chi connectivity index (χ2n) is 2.89. The van der Waals surface area contributed by atoms with Crippen molar-refractivity contribution in [1.29, 1.82) is 0 Å². The molecule has 12 heavy (non-hydrogen) atoms. The van der Waals surface area contributed by atoms with Gasteiger partial charge >= 0.3 is 0 Å². The number of hydrogen-bond donors (Lipinski definition) is 0. The molecule has 0 unspecified atom stereocenters. The maximum absolute atomic E-state index is 4.36. The molecule has 62 valence electrons. The quantitative estimate of drug-likeness (QED) is 0.656. The second-order valence-corrected chi connectivity index (χ2v) is 3.79. The van der Waals surface area contributed by atoms with Crippen LogP contribution in [0.3, 0.4) is 0 Å². The molecule has 2 aromatic rings. The number of hydrogen-bond acceptors (Lipinski definition) is 2. The third-order valence-corrected chi connectivity index (χ3v) is 2.72. The largest absolute Gasteiger partial charge is 0.229 e. The Hall–Kier alpha value is -1.09. The monoisotopic (exact) mass is 178 g/mol. The second kappa shape index (κ2) is 2.45. The summed E-state index contributed by atoms with van der Waals surface area (Å²) in [6.45, 7) is 7.98. The molecule has 0 saturated heterocycles. The normalized spacial score (nSPS) is 10.8. The summed E-state index contributed by atoms with van der Waals surface area (Å²) in [5.41, 5.74) is 3.35. The molecule has 0 bridgehead atoms. The van der Waals surface area contributed by atoms with Gasteiger partial charge in [0.15, 0.2) is 0 Å². The highest BCUT2D eigenvalue weighted by Gasteiger charge is 2.09. The molecule has 2 heterocycles. The number of rotatable bonds is 1. The van der Waals surface area contributed by atoms with Crippen LogP contribution in [0.2, 0.25) is 0 Å². The average Bonchev–Trinajstić information content (AvgIpc) is 2.44. The molecule has 0 aliphatic rings. The molecule has 0 fully saturated rings. The fourth-order valence-electron chi connectivity index (χ4n) is 1.38. The van der Waals surface area contributed by atoms with Crippen LogP contribution in [0.25, 0.3) is 10.4 Å². The van der Waals surface area contributed by atoms with E-state index in [0.29, 0.717) is 0 Å². The van der Waals surface area contributed by atoms with Crippen LogP contribution >= 0.6 is 11.3 Å². The summed E-state index contributed by atoms with van der Waals surface area (Å²) in [7, 11) is 0. The minimum Gasteiger partial charge on any atom is -0.229 e. The lowest BCUT2D eigenvalue weighted by Crippen LogP contribution is -1.79. The molecule has 3 heteroatoms. The topological polar surface area (TPSA) is 17.3 Å². The number of fused-ring (bicyclic) bond motifs is 1. The van der Waals surface area contributed by atoms with E-state index in [9.17, 15) is 0 Å². The highest BCUT2D eigenvalue weighted by molar-refractivity contribution is 7.15. The SMILES string of the molecule is C=C(C)c1c(C)nn2ccsc12.